The first-order chi connectivity index (χ1) is 7.22. The summed E-state index contributed by atoms with van der Waals surface area (Å²) in [6.07, 6.45) is 0.208. The molecule has 15 heavy (non-hydrogen) atoms. The summed E-state index contributed by atoms with van der Waals surface area (Å²) in [4.78, 5) is 22.5. The molecule has 4 nitrogen and oxygen atoms in total. The van der Waals surface area contributed by atoms with Gasteiger partial charge in [-0.15, -0.1) is 0 Å². The largest absolute Gasteiger partial charge is 0.496 e. The quantitative estimate of drug-likeness (QED) is 0.727. The number of hydrogen-bond acceptors (Lipinski definition) is 3. The fraction of sp³-hybridized carbons (Fsp3) is 0.273. The van der Waals surface area contributed by atoms with Gasteiger partial charge in [0.2, 0.25) is 11.8 Å². The number of carbonyl (C=O) groups excluding carboxylic acids is 2. The van der Waals surface area contributed by atoms with Gasteiger partial charge in [0.05, 0.1) is 13.0 Å². The van der Waals surface area contributed by atoms with Crippen LogP contribution >= 0.6 is 0 Å². The fourth-order valence-corrected chi connectivity index (χ4v) is 1.76. The maximum absolute atomic E-state index is 11.5. The zero-order valence-electron chi connectivity index (χ0n) is 8.32. The first-order valence-electron chi connectivity index (χ1n) is 4.69. The van der Waals surface area contributed by atoms with E-state index in [0.29, 0.717) is 5.75 Å². The Morgan fingerprint density at radius 1 is 1.33 bits per heavy atom. The number of hydrogen-bond donors (Lipinski definition) is 1. The zero-order valence-corrected chi connectivity index (χ0v) is 8.32. The highest BCUT2D eigenvalue weighted by Crippen LogP contribution is 2.31. The lowest BCUT2D eigenvalue weighted by molar-refractivity contribution is -0.125. The summed E-state index contributed by atoms with van der Waals surface area (Å²) >= 11 is 0. The van der Waals surface area contributed by atoms with E-state index < -0.39 is 5.92 Å². The van der Waals surface area contributed by atoms with Gasteiger partial charge in [0.1, 0.15) is 5.75 Å². The standard InChI is InChI=1S/C11H11NO3/c1-15-9-5-3-2-4-7(9)8-6-10(13)12-11(8)14/h2-5,8H,6H2,1H3,(H,12,13,14)/t8-/m1/s1. The molecule has 1 aromatic carbocycles. The minimum Gasteiger partial charge on any atom is -0.496 e. The third-order valence-electron chi connectivity index (χ3n) is 2.48. The molecule has 0 spiro atoms. The highest BCUT2D eigenvalue weighted by molar-refractivity contribution is 6.06. The van der Waals surface area contributed by atoms with Gasteiger partial charge in [0.25, 0.3) is 0 Å². The summed E-state index contributed by atoms with van der Waals surface area (Å²) in [7, 11) is 1.55. The van der Waals surface area contributed by atoms with Gasteiger partial charge in [-0.25, -0.2) is 0 Å². The van der Waals surface area contributed by atoms with E-state index in [9.17, 15) is 9.59 Å². The minimum absolute atomic E-state index is 0.208. The van der Waals surface area contributed by atoms with Crippen LogP contribution in [0.4, 0.5) is 0 Å². The molecule has 1 aliphatic heterocycles. The van der Waals surface area contributed by atoms with E-state index in [1.807, 2.05) is 18.2 Å². The number of carbonyl (C=O) groups is 2. The Morgan fingerprint density at radius 2 is 2.07 bits per heavy atom. The summed E-state index contributed by atoms with van der Waals surface area (Å²) in [5.41, 5.74) is 0.767. The van der Waals surface area contributed by atoms with Gasteiger partial charge in [0.15, 0.2) is 0 Å². The molecule has 0 unspecified atom stereocenters. The highest BCUT2D eigenvalue weighted by Gasteiger charge is 2.33. The maximum atomic E-state index is 11.5. The maximum Gasteiger partial charge on any atom is 0.234 e. The lowest BCUT2D eigenvalue weighted by atomic mass is 9.97. The second-order valence-corrected chi connectivity index (χ2v) is 3.41. The van der Waals surface area contributed by atoms with Crippen molar-refractivity contribution in [3.63, 3.8) is 0 Å². The average molecular weight is 205 g/mol. The SMILES string of the molecule is COc1ccccc1[C@H]1CC(=O)NC1=O. The third-order valence-corrected chi connectivity index (χ3v) is 2.48. The first kappa shape index (κ1) is 9.71. The van der Waals surface area contributed by atoms with Crippen LogP contribution in [0, 0.1) is 0 Å². The molecule has 78 valence electrons. The number of amides is 2. The molecule has 2 amide bonds. The third kappa shape index (κ3) is 1.70. The molecular formula is C11H11NO3. The number of para-hydroxylation sites is 1. The van der Waals surface area contributed by atoms with Crippen LogP contribution in [-0.4, -0.2) is 18.9 Å². The second kappa shape index (κ2) is 3.73. The molecule has 4 heteroatoms. The second-order valence-electron chi connectivity index (χ2n) is 3.41. The van der Waals surface area contributed by atoms with Gasteiger partial charge in [-0.2, -0.15) is 0 Å². The van der Waals surface area contributed by atoms with Crippen LogP contribution in [0.15, 0.2) is 24.3 Å². The molecule has 2 rings (SSSR count). The van der Waals surface area contributed by atoms with Crippen LogP contribution in [0.25, 0.3) is 0 Å². The Labute approximate surface area is 87.2 Å². The van der Waals surface area contributed by atoms with E-state index in [2.05, 4.69) is 5.32 Å². The molecule has 0 aliphatic carbocycles. The Balaban J connectivity index is 2.37. The van der Waals surface area contributed by atoms with Crippen LogP contribution in [0.2, 0.25) is 0 Å². The van der Waals surface area contributed by atoms with Crippen molar-refractivity contribution in [3.8, 4) is 5.75 Å². The molecule has 1 saturated heterocycles. The molecular weight excluding hydrogens is 194 g/mol. The predicted octanol–water partition coefficient (Wildman–Crippen LogP) is 0.825. The molecule has 1 atom stereocenters. The molecule has 0 saturated carbocycles. The summed E-state index contributed by atoms with van der Waals surface area (Å²) in [6, 6.07) is 7.25. The molecule has 1 heterocycles. The Hall–Kier alpha value is -1.84. The van der Waals surface area contributed by atoms with Crippen molar-refractivity contribution >= 4 is 11.8 Å². The van der Waals surface area contributed by atoms with Crippen LogP contribution in [0.3, 0.4) is 0 Å². The zero-order chi connectivity index (χ0) is 10.8. The Morgan fingerprint density at radius 3 is 2.67 bits per heavy atom. The van der Waals surface area contributed by atoms with E-state index in [1.165, 1.54) is 0 Å². The molecule has 1 fully saturated rings. The predicted molar refractivity (Wildman–Crippen MR) is 53.5 cm³/mol. The molecule has 1 aromatic rings. The molecule has 0 aromatic heterocycles. The number of imide groups is 1. The fourth-order valence-electron chi connectivity index (χ4n) is 1.76. The molecule has 1 N–H and O–H groups in total. The molecule has 0 bridgehead atoms. The van der Waals surface area contributed by atoms with E-state index in [0.717, 1.165) is 5.56 Å². The average Bonchev–Trinajstić information content (AvgIpc) is 2.57. The summed E-state index contributed by atoms with van der Waals surface area (Å²) in [6.45, 7) is 0. The Bertz CT molecular complexity index is 414. The van der Waals surface area contributed by atoms with Gasteiger partial charge in [0, 0.05) is 12.0 Å². The van der Waals surface area contributed by atoms with E-state index in [1.54, 1.807) is 13.2 Å². The van der Waals surface area contributed by atoms with Crippen LogP contribution in [0.1, 0.15) is 17.9 Å². The lowest BCUT2D eigenvalue weighted by Crippen LogP contribution is -2.21. The smallest absolute Gasteiger partial charge is 0.234 e. The van der Waals surface area contributed by atoms with Crippen molar-refractivity contribution in [1.29, 1.82) is 0 Å². The monoisotopic (exact) mass is 205 g/mol. The number of methoxy groups -OCH3 is 1. The van der Waals surface area contributed by atoms with Crippen molar-refractivity contribution in [3.05, 3.63) is 29.8 Å². The normalized spacial score (nSPS) is 20.2. The van der Waals surface area contributed by atoms with Crippen LogP contribution in [-0.2, 0) is 9.59 Å². The molecule has 0 radical (unpaired) electrons. The van der Waals surface area contributed by atoms with Crippen molar-refractivity contribution in [2.24, 2.45) is 0 Å². The lowest BCUT2D eigenvalue weighted by Gasteiger charge is -2.11. The Kier molecular flexibility index (Phi) is 2.41. The van der Waals surface area contributed by atoms with Crippen LogP contribution < -0.4 is 10.1 Å². The van der Waals surface area contributed by atoms with Gasteiger partial charge in [-0.05, 0) is 6.07 Å². The number of nitrogens with one attached hydrogen (secondary N) is 1. The number of benzene rings is 1. The van der Waals surface area contributed by atoms with Crippen molar-refractivity contribution in [1.82, 2.24) is 5.32 Å². The van der Waals surface area contributed by atoms with Gasteiger partial charge in [-0.3, -0.25) is 14.9 Å². The van der Waals surface area contributed by atoms with Crippen molar-refractivity contribution in [2.45, 2.75) is 12.3 Å². The van der Waals surface area contributed by atoms with Crippen molar-refractivity contribution in [2.75, 3.05) is 7.11 Å². The van der Waals surface area contributed by atoms with Crippen LogP contribution in [0.5, 0.6) is 5.75 Å². The summed E-state index contributed by atoms with van der Waals surface area (Å²) < 4.78 is 5.15. The van der Waals surface area contributed by atoms with Crippen molar-refractivity contribution < 1.29 is 14.3 Å². The van der Waals surface area contributed by atoms with E-state index in [-0.39, 0.29) is 18.2 Å². The van der Waals surface area contributed by atoms with E-state index in [4.69, 9.17) is 4.74 Å². The van der Waals surface area contributed by atoms with Gasteiger partial charge < -0.3 is 4.74 Å². The summed E-state index contributed by atoms with van der Waals surface area (Å²) in [5.74, 6) is -0.235. The number of ether oxygens (including phenoxy) is 1. The van der Waals surface area contributed by atoms with E-state index >= 15 is 0 Å². The topological polar surface area (TPSA) is 55.4 Å². The summed E-state index contributed by atoms with van der Waals surface area (Å²) in [5, 5.41) is 2.28. The van der Waals surface area contributed by atoms with Gasteiger partial charge in [-0.1, -0.05) is 18.2 Å². The highest BCUT2D eigenvalue weighted by atomic mass is 16.5. The first-order valence-corrected chi connectivity index (χ1v) is 4.69. The molecule has 1 aliphatic rings. The number of rotatable bonds is 2. The van der Waals surface area contributed by atoms with Gasteiger partial charge >= 0.3 is 0 Å². The minimum atomic E-state index is -0.409.